The third-order valence-corrected chi connectivity index (χ3v) is 2.76. The van der Waals surface area contributed by atoms with Crippen LogP contribution in [0.25, 0.3) is 11.0 Å². The first-order valence-electron chi connectivity index (χ1n) is 3.56. The van der Waals surface area contributed by atoms with E-state index in [9.17, 15) is 10.1 Å². The van der Waals surface area contributed by atoms with E-state index in [-0.39, 0.29) is 10.7 Å². The summed E-state index contributed by atoms with van der Waals surface area (Å²) in [6.07, 6.45) is 1.44. The molecule has 1 N–H and O–H groups in total. The molecule has 0 atom stereocenters. The number of nitro groups is 1. The van der Waals surface area contributed by atoms with Crippen LogP contribution in [0.1, 0.15) is 0 Å². The zero-order valence-corrected chi connectivity index (χ0v) is 8.96. The number of imidazole rings is 1. The highest BCUT2D eigenvalue weighted by atomic mass is 79.9. The maximum absolute atomic E-state index is 10.6. The molecule has 0 aliphatic carbocycles. The molecular formula is C7H3BrClN3O2. The van der Waals surface area contributed by atoms with E-state index in [2.05, 4.69) is 25.9 Å². The first-order valence-corrected chi connectivity index (χ1v) is 4.74. The second-order valence-corrected chi connectivity index (χ2v) is 3.81. The van der Waals surface area contributed by atoms with Gasteiger partial charge in [0.2, 0.25) is 0 Å². The van der Waals surface area contributed by atoms with Crippen molar-refractivity contribution >= 4 is 44.3 Å². The van der Waals surface area contributed by atoms with E-state index in [1.165, 1.54) is 12.4 Å². The van der Waals surface area contributed by atoms with E-state index in [1.807, 2.05) is 0 Å². The molecule has 1 aromatic heterocycles. The smallest absolute Gasteiger partial charge is 0.291 e. The van der Waals surface area contributed by atoms with Crippen LogP contribution in [0.5, 0.6) is 0 Å². The normalized spacial score (nSPS) is 10.7. The Morgan fingerprint density at radius 1 is 1.64 bits per heavy atom. The number of benzene rings is 1. The van der Waals surface area contributed by atoms with Crippen LogP contribution >= 0.6 is 27.5 Å². The molecular weight excluding hydrogens is 273 g/mol. The van der Waals surface area contributed by atoms with Crippen molar-refractivity contribution < 1.29 is 4.92 Å². The molecule has 0 saturated heterocycles. The van der Waals surface area contributed by atoms with Gasteiger partial charge in [-0.2, -0.15) is 0 Å². The average molecular weight is 276 g/mol. The molecule has 0 saturated carbocycles. The summed E-state index contributed by atoms with van der Waals surface area (Å²) < 4.78 is 0.546. The van der Waals surface area contributed by atoms with E-state index in [1.54, 1.807) is 0 Å². The molecule has 2 aromatic rings. The van der Waals surface area contributed by atoms with Crippen LogP contribution in [0.2, 0.25) is 5.02 Å². The quantitative estimate of drug-likeness (QED) is 0.643. The van der Waals surface area contributed by atoms with Crippen molar-refractivity contribution in [1.82, 2.24) is 9.97 Å². The summed E-state index contributed by atoms with van der Waals surface area (Å²) in [5.74, 6) is 0. The first kappa shape index (κ1) is 9.42. The Balaban J connectivity index is 2.88. The number of hydrogen-bond donors (Lipinski definition) is 1. The number of hydrogen-bond acceptors (Lipinski definition) is 3. The van der Waals surface area contributed by atoms with Crippen LogP contribution in [0.15, 0.2) is 16.9 Å². The number of nitro benzene ring substituents is 1. The monoisotopic (exact) mass is 275 g/mol. The van der Waals surface area contributed by atoms with Gasteiger partial charge < -0.3 is 4.98 Å². The molecule has 0 fully saturated rings. The largest absolute Gasteiger partial charge is 0.343 e. The van der Waals surface area contributed by atoms with Gasteiger partial charge in [0.1, 0.15) is 10.5 Å². The number of aromatic nitrogens is 2. The summed E-state index contributed by atoms with van der Waals surface area (Å²) in [6.45, 7) is 0. The second-order valence-electron chi connectivity index (χ2n) is 2.57. The lowest BCUT2D eigenvalue weighted by Crippen LogP contribution is -1.90. The maximum Gasteiger partial charge on any atom is 0.291 e. The van der Waals surface area contributed by atoms with Gasteiger partial charge in [0, 0.05) is 6.07 Å². The van der Waals surface area contributed by atoms with Gasteiger partial charge in [-0.15, -0.1) is 0 Å². The molecule has 1 aromatic carbocycles. The van der Waals surface area contributed by atoms with Gasteiger partial charge in [-0.05, 0) is 15.9 Å². The van der Waals surface area contributed by atoms with Gasteiger partial charge in [0.25, 0.3) is 5.69 Å². The minimum Gasteiger partial charge on any atom is -0.343 e. The molecule has 0 radical (unpaired) electrons. The first-order chi connectivity index (χ1) is 6.61. The highest BCUT2D eigenvalue weighted by Gasteiger charge is 2.19. The number of rotatable bonds is 1. The predicted octanol–water partition coefficient (Wildman–Crippen LogP) is 2.89. The van der Waals surface area contributed by atoms with Crippen molar-refractivity contribution in [3.05, 3.63) is 32.0 Å². The molecule has 5 nitrogen and oxygen atoms in total. The van der Waals surface area contributed by atoms with E-state index in [0.717, 1.165) is 0 Å². The van der Waals surface area contributed by atoms with Crippen molar-refractivity contribution in [2.24, 2.45) is 0 Å². The summed E-state index contributed by atoms with van der Waals surface area (Å²) >= 11 is 9.00. The minimum atomic E-state index is -0.534. The molecule has 0 aliphatic heterocycles. The molecule has 0 spiro atoms. The van der Waals surface area contributed by atoms with Crippen LogP contribution in [0, 0.1) is 10.1 Å². The SMILES string of the molecule is O=[N+]([O-])c1cc(Br)c2nc[nH]c2c1Cl. The lowest BCUT2D eigenvalue weighted by atomic mass is 10.3. The standard InChI is InChI=1S/C7H3BrClN3O2/c8-3-1-4(12(13)14)5(9)7-6(3)10-2-11-7/h1-2H,(H,10,11). The Morgan fingerprint density at radius 2 is 2.36 bits per heavy atom. The Morgan fingerprint density at radius 3 is 3.00 bits per heavy atom. The van der Waals surface area contributed by atoms with E-state index < -0.39 is 4.92 Å². The molecule has 0 unspecified atom stereocenters. The Hall–Kier alpha value is -1.14. The molecule has 0 amide bonds. The zero-order valence-electron chi connectivity index (χ0n) is 6.62. The van der Waals surface area contributed by atoms with Crippen molar-refractivity contribution in [2.75, 3.05) is 0 Å². The predicted molar refractivity (Wildman–Crippen MR) is 55.5 cm³/mol. The van der Waals surface area contributed by atoms with Crippen molar-refractivity contribution in [3.8, 4) is 0 Å². The number of halogens is 2. The number of fused-ring (bicyclic) bond motifs is 1. The van der Waals surface area contributed by atoms with E-state index >= 15 is 0 Å². The average Bonchev–Trinajstić information content (AvgIpc) is 2.59. The van der Waals surface area contributed by atoms with Crippen LogP contribution in [0.3, 0.4) is 0 Å². The van der Waals surface area contributed by atoms with E-state index in [0.29, 0.717) is 15.5 Å². The summed E-state index contributed by atoms with van der Waals surface area (Å²) in [6, 6.07) is 1.34. The summed E-state index contributed by atoms with van der Waals surface area (Å²) in [5.41, 5.74) is 0.906. The van der Waals surface area contributed by atoms with Crippen LogP contribution in [0.4, 0.5) is 5.69 Å². The van der Waals surface area contributed by atoms with E-state index in [4.69, 9.17) is 11.6 Å². The van der Waals surface area contributed by atoms with Gasteiger partial charge in [0.15, 0.2) is 0 Å². The number of nitrogens with zero attached hydrogens (tertiary/aromatic N) is 2. The topological polar surface area (TPSA) is 71.8 Å². The lowest BCUT2D eigenvalue weighted by molar-refractivity contribution is -0.384. The number of nitrogens with one attached hydrogen (secondary N) is 1. The fourth-order valence-electron chi connectivity index (χ4n) is 1.16. The molecule has 14 heavy (non-hydrogen) atoms. The maximum atomic E-state index is 10.6. The van der Waals surface area contributed by atoms with Gasteiger partial charge in [0.05, 0.1) is 21.2 Å². The lowest BCUT2D eigenvalue weighted by Gasteiger charge is -1.98. The highest BCUT2D eigenvalue weighted by Crippen LogP contribution is 2.35. The van der Waals surface area contributed by atoms with Gasteiger partial charge >= 0.3 is 0 Å². The Bertz CT molecular complexity index is 525. The van der Waals surface area contributed by atoms with Crippen molar-refractivity contribution in [3.63, 3.8) is 0 Å². The van der Waals surface area contributed by atoms with Gasteiger partial charge in [-0.3, -0.25) is 10.1 Å². The second kappa shape index (κ2) is 3.21. The summed E-state index contributed by atoms with van der Waals surface area (Å²) in [4.78, 5) is 16.8. The fraction of sp³-hybridized carbons (Fsp3) is 0. The highest BCUT2D eigenvalue weighted by molar-refractivity contribution is 9.10. The molecule has 7 heteroatoms. The molecule has 0 bridgehead atoms. The number of H-pyrrole nitrogens is 1. The zero-order chi connectivity index (χ0) is 10.3. The molecule has 1 heterocycles. The van der Waals surface area contributed by atoms with Crippen molar-refractivity contribution in [1.29, 1.82) is 0 Å². The Labute approximate surface area is 91.4 Å². The summed E-state index contributed by atoms with van der Waals surface area (Å²) in [7, 11) is 0. The van der Waals surface area contributed by atoms with Gasteiger partial charge in [-0.25, -0.2) is 4.98 Å². The van der Waals surface area contributed by atoms with Crippen molar-refractivity contribution in [2.45, 2.75) is 0 Å². The van der Waals surface area contributed by atoms with Crippen LogP contribution in [-0.4, -0.2) is 14.9 Å². The third kappa shape index (κ3) is 1.27. The van der Waals surface area contributed by atoms with Crippen LogP contribution < -0.4 is 0 Å². The Kier molecular flexibility index (Phi) is 2.16. The minimum absolute atomic E-state index is 0.0747. The third-order valence-electron chi connectivity index (χ3n) is 1.77. The van der Waals surface area contributed by atoms with Gasteiger partial charge in [-0.1, -0.05) is 11.6 Å². The molecule has 0 aliphatic rings. The molecule has 2 rings (SSSR count). The summed E-state index contributed by atoms with van der Waals surface area (Å²) in [5, 5.41) is 10.7. The fourth-order valence-corrected chi connectivity index (χ4v) is 1.94. The van der Waals surface area contributed by atoms with Crippen LogP contribution in [-0.2, 0) is 0 Å². The molecule has 72 valence electrons. The number of aromatic amines is 1.